The number of amides is 1. The number of hydrogen-bond acceptors (Lipinski definition) is 3. The minimum absolute atomic E-state index is 0.180. The van der Waals surface area contributed by atoms with Gasteiger partial charge in [-0.05, 0) is 43.7 Å². The molecule has 1 aliphatic rings. The van der Waals surface area contributed by atoms with Gasteiger partial charge in [0.2, 0.25) is 5.91 Å². The van der Waals surface area contributed by atoms with Crippen LogP contribution in [0.4, 0.5) is 5.69 Å². The van der Waals surface area contributed by atoms with Gasteiger partial charge in [-0.3, -0.25) is 4.79 Å². The van der Waals surface area contributed by atoms with Crippen LogP contribution in [-0.2, 0) is 4.79 Å². The number of rotatable bonds is 4. The number of ether oxygens (including phenoxy) is 1. The van der Waals surface area contributed by atoms with E-state index in [4.69, 9.17) is 4.74 Å². The van der Waals surface area contributed by atoms with Crippen LogP contribution in [-0.4, -0.2) is 32.1 Å². The molecule has 1 heterocycles. The van der Waals surface area contributed by atoms with Gasteiger partial charge in [-0.25, -0.2) is 0 Å². The summed E-state index contributed by atoms with van der Waals surface area (Å²) in [5.74, 6) is 0.994. The first kappa shape index (κ1) is 13.9. The van der Waals surface area contributed by atoms with Crippen LogP contribution in [0.1, 0.15) is 26.2 Å². The molecule has 1 aromatic rings. The number of nitrogens with zero attached hydrogens (tertiary/aromatic N) is 1. The summed E-state index contributed by atoms with van der Waals surface area (Å²) in [7, 11) is 1.65. The van der Waals surface area contributed by atoms with E-state index in [1.165, 1.54) is 0 Å². The normalized spacial score (nSPS) is 18.9. The predicted molar refractivity (Wildman–Crippen MR) is 76.7 cm³/mol. The van der Waals surface area contributed by atoms with Gasteiger partial charge in [-0.1, -0.05) is 6.92 Å². The Morgan fingerprint density at radius 2 is 2.16 bits per heavy atom. The molecule has 0 radical (unpaired) electrons. The average molecular weight is 262 g/mol. The van der Waals surface area contributed by atoms with Crippen LogP contribution in [0.15, 0.2) is 24.3 Å². The number of methoxy groups -OCH3 is 1. The summed E-state index contributed by atoms with van der Waals surface area (Å²) in [6, 6.07) is 7.99. The second kappa shape index (κ2) is 6.57. The Morgan fingerprint density at radius 1 is 1.42 bits per heavy atom. The van der Waals surface area contributed by atoms with E-state index in [1.54, 1.807) is 7.11 Å². The minimum atomic E-state index is 0.180. The molecule has 2 rings (SSSR count). The quantitative estimate of drug-likeness (QED) is 0.904. The van der Waals surface area contributed by atoms with E-state index in [2.05, 4.69) is 5.32 Å². The molecule has 1 aliphatic heterocycles. The third-order valence-electron chi connectivity index (χ3n) is 3.56. The van der Waals surface area contributed by atoms with Gasteiger partial charge in [0.15, 0.2) is 0 Å². The Bertz CT molecular complexity index is 411. The summed E-state index contributed by atoms with van der Waals surface area (Å²) >= 11 is 0. The maximum atomic E-state index is 12.2. The van der Waals surface area contributed by atoms with Gasteiger partial charge in [0, 0.05) is 24.7 Å². The highest BCUT2D eigenvalue weighted by atomic mass is 16.5. The molecule has 19 heavy (non-hydrogen) atoms. The number of benzene rings is 1. The van der Waals surface area contributed by atoms with Gasteiger partial charge in [-0.15, -0.1) is 0 Å². The Morgan fingerprint density at radius 3 is 2.68 bits per heavy atom. The lowest BCUT2D eigenvalue weighted by Crippen LogP contribution is -2.48. The van der Waals surface area contributed by atoms with E-state index in [0.717, 1.165) is 37.4 Å². The van der Waals surface area contributed by atoms with Crippen molar-refractivity contribution in [2.24, 2.45) is 0 Å². The molecule has 1 fully saturated rings. The van der Waals surface area contributed by atoms with Gasteiger partial charge in [0.25, 0.3) is 0 Å². The molecule has 0 spiro atoms. The number of nitrogens with one attached hydrogen (secondary N) is 1. The molecular formula is C15H22N2O2. The highest BCUT2D eigenvalue weighted by molar-refractivity contribution is 5.93. The van der Waals surface area contributed by atoms with Crippen molar-refractivity contribution < 1.29 is 9.53 Å². The van der Waals surface area contributed by atoms with Crippen LogP contribution in [0.2, 0.25) is 0 Å². The number of carbonyl (C=O) groups is 1. The lowest BCUT2D eigenvalue weighted by Gasteiger charge is -2.34. The van der Waals surface area contributed by atoms with Crippen molar-refractivity contribution in [3.05, 3.63) is 24.3 Å². The van der Waals surface area contributed by atoms with Crippen molar-refractivity contribution >= 4 is 11.6 Å². The SMILES string of the molecule is CCC(=O)N(c1ccc(OC)cc1)C1CCCNC1. The smallest absolute Gasteiger partial charge is 0.227 e. The number of carbonyl (C=O) groups excluding carboxylic acids is 1. The van der Waals surface area contributed by atoms with E-state index in [0.29, 0.717) is 6.42 Å². The van der Waals surface area contributed by atoms with Crippen molar-refractivity contribution in [1.29, 1.82) is 0 Å². The third-order valence-corrected chi connectivity index (χ3v) is 3.56. The molecule has 104 valence electrons. The first-order chi connectivity index (χ1) is 9.26. The standard InChI is InChI=1S/C15H22N2O2/c1-3-15(18)17(13-5-4-10-16-11-13)12-6-8-14(19-2)9-7-12/h6-9,13,16H,3-5,10-11H2,1-2H3. The lowest BCUT2D eigenvalue weighted by atomic mass is 10.0. The molecule has 4 heteroatoms. The summed E-state index contributed by atoms with van der Waals surface area (Å²) in [5.41, 5.74) is 0.960. The summed E-state index contributed by atoms with van der Waals surface area (Å²) in [6.07, 6.45) is 2.71. The fourth-order valence-electron chi connectivity index (χ4n) is 2.53. The Hall–Kier alpha value is -1.55. The predicted octanol–water partition coefficient (Wildman–Crippen LogP) is 2.19. The second-order valence-electron chi connectivity index (χ2n) is 4.82. The molecule has 1 atom stereocenters. The maximum Gasteiger partial charge on any atom is 0.227 e. The molecular weight excluding hydrogens is 240 g/mol. The summed E-state index contributed by atoms with van der Waals surface area (Å²) < 4.78 is 5.17. The zero-order valence-corrected chi connectivity index (χ0v) is 11.7. The van der Waals surface area contributed by atoms with Gasteiger partial charge in [0.05, 0.1) is 7.11 Å². The molecule has 1 unspecified atom stereocenters. The first-order valence-corrected chi connectivity index (χ1v) is 6.93. The van der Waals surface area contributed by atoms with Crippen molar-refractivity contribution in [1.82, 2.24) is 5.32 Å². The molecule has 0 saturated carbocycles. The van der Waals surface area contributed by atoms with E-state index in [-0.39, 0.29) is 11.9 Å². The third kappa shape index (κ3) is 3.26. The monoisotopic (exact) mass is 262 g/mol. The van der Waals surface area contributed by atoms with Crippen molar-refractivity contribution in [2.75, 3.05) is 25.1 Å². The fraction of sp³-hybridized carbons (Fsp3) is 0.533. The van der Waals surface area contributed by atoms with Gasteiger partial charge < -0.3 is 15.0 Å². The fourth-order valence-corrected chi connectivity index (χ4v) is 2.53. The van der Waals surface area contributed by atoms with Crippen LogP contribution < -0.4 is 15.0 Å². The van der Waals surface area contributed by atoms with Gasteiger partial charge in [-0.2, -0.15) is 0 Å². The second-order valence-corrected chi connectivity index (χ2v) is 4.82. The van der Waals surface area contributed by atoms with E-state index >= 15 is 0 Å². The minimum Gasteiger partial charge on any atom is -0.497 e. The van der Waals surface area contributed by atoms with Gasteiger partial charge >= 0.3 is 0 Å². The molecule has 0 aliphatic carbocycles. The Kier molecular flexibility index (Phi) is 4.80. The molecule has 0 aromatic heterocycles. The van der Waals surface area contributed by atoms with Crippen molar-refractivity contribution in [2.45, 2.75) is 32.2 Å². The zero-order valence-electron chi connectivity index (χ0n) is 11.7. The maximum absolute atomic E-state index is 12.2. The summed E-state index contributed by atoms with van der Waals surface area (Å²) in [5, 5.41) is 3.37. The zero-order chi connectivity index (χ0) is 13.7. The van der Waals surface area contributed by atoms with Crippen LogP contribution >= 0.6 is 0 Å². The van der Waals surface area contributed by atoms with Crippen LogP contribution in [0.5, 0.6) is 5.75 Å². The van der Waals surface area contributed by atoms with Crippen molar-refractivity contribution in [3.63, 3.8) is 0 Å². The first-order valence-electron chi connectivity index (χ1n) is 6.93. The molecule has 0 bridgehead atoms. The number of hydrogen-bond donors (Lipinski definition) is 1. The van der Waals surface area contributed by atoms with Gasteiger partial charge in [0.1, 0.15) is 5.75 Å². The summed E-state index contributed by atoms with van der Waals surface area (Å²) in [6.45, 7) is 3.83. The number of piperidine rings is 1. The lowest BCUT2D eigenvalue weighted by molar-refractivity contribution is -0.118. The molecule has 4 nitrogen and oxygen atoms in total. The Labute approximate surface area is 114 Å². The molecule has 1 N–H and O–H groups in total. The topological polar surface area (TPSA) is 41.6 Å². The highest BCUT2D eigenvalue weighted by Crippen LogP contribution is 2.24. The van der Waals surface area contributed by atoms with Crippen LogP contribution in [0.25, 0.3) is 0 Å². The van der Waals surface area contributed by atoms with Crippen LogP contribution in [0.3, 0.4) is 0 Å². The summed E-state index contributed by atoms with van der Waals surface area (Å²) in [4.78, 5) is 14.2. The van der Waals surface area contributed by atoms with E-state index in [9.17, 15) is 4.79 Å². The Balaban J connectivity index is 2.22. The molecule has 1 saturated heterocycles. The van der Waals surface area contributed by atoms with Crippen molar-refractivity contribution in [3.8, 4) is 5.75 Å². The molecule has 1 amide bonds. The largest absolute Gasteiger partial charge is 0.497 e. The highest BCUT2D eigenvalue weighted by Gasteiger charge is 2.25. The molecule has 1 aromatic carbocycles. The van der Waals surface area contributed by atoms with Crippen LogP contribution in [0, 0.1) is 0 Å². The number of anilines is 1. The van der Waals surface area contributed by atoms with E-state index < -0.39 is 0 Å². The average Bonchev–Trinajstić information content (AvgIpc) is 2.49. The van der Waals surface area contributed by atoms with E-state index in [1.807, 2.05) is 36.1 Å².